The normalized spacial score (nSPS) is 34.2. The standard InChI is InChI=1S/C18H23NO2/c1-19-10-9-18-8-4-3-5-13(18)14(19)11-12-6-7-15(21-2)17(20)16(12)18/h3,5-7,13-14,20H,4,8-11H2,1-2H3/t13?,14?,18-/m1/s1. The predicted molar refractivity (Wildman–Crippen MR) is 82.9 cm³/mol. The maximum atomic E-state index is 10.8. The van der Waals surface area contributed by atoms with Gasteiger partial charge in [-0.05, 0) is 50.9 Å². The molecule has 4 rings (SSSR count). The van der Waals surface area contributed by atoms with Crippen LogP contribution in [0.1, 0.15) is 30.4 Å². The van der Waals surface area contributed by atoms with Crippen LogP contribution in [0.2, 0.25) is 0 Å². The Balaban J connectivity index is 1.96. The molecule has 1 N–H and O–H groups in total. The fourth-order valence-electron chi connectivity index (χ4n) is 4.97. The van der Waals surface area contributed by atoms with Crippen LogP contribution in [0.15, 0.2) is 24.3 Å². The minimum atomic E-state index is 0.109. The highest BCUT2D eigenvalue weighted by molar-refractivity contribution is 5.57. The average molecular weight is 285 g/mol. The molecular weight excluding hydrogens is 262 g/mol. The van der Waals surface area contributed by atoms with Crippen molar-refractivity contribution >= 4 is 0 Å². The van der Waals surface area contributed by atoms with Crippen molar-refractivity contribution in [2.75, 3.05) is 20.7 Å². The first-order valence-corrected chi connectivity index (χ1v) is 7.93. The first kappa shape index (κ1) is 13.2. The van der Waals surface area contributed by atoms with Gasteiger partial charge >= 0.3 is 0 Å². The zero-order chi connectivity index (χ0) is 14.6. The third kappa shape index (κ3) is 1.64. The second-order valence-electron chi connectivity index (χ2n) is 6.80. The van der Waals surface area contributed by atoms with Crippen molar-refractivity contribution in [2.24, 2.45) is 5.92 Å². The number of likely N-dealkylation sites (tertiary alicyclic amines) is 1. The number of methoxy groups -OCH3 is 1. The van der Waals surface area contributed by atoms with E-state index < -0.39 is 0 Å². The van der Waals surface area contributed by atoms with Gasteiger partial charge in [-0.25, -0.2) is 0 Å². The van der Waals surface area contributed by atoms with Crippen molar-refractivity contribution in [3.05, 3.63) is 35.4 Å². The molecule has 3 atom stereocenters. The third-order valence-electron chi connectivity index (χ3n) is 6.00. The van der Waals surface area contributed by atoms with Crippen LogP contribution in [0, 0.1) is 5.92 Å². The van der Waals surface area contributed by atoms with E-state index in [9.17, 15) is 5.11 Å². The Bertz CT molecular complexity index is 609. The third-order valence-corrected chi connectivity index (χ3v) is 6.00. The van der Waals surface area contributed by atoms with Gasteiger partial charge in [0, 0.05) is 22.9 Å². The summed E-state index contributed by atoms with van der Waals surface area (Å²) < 4.78 is 5.37. The lowest BCUT2D eigenvalue weighted by molar-refractivity contribution is 0.0458. The lowest BCUT2D eigenvalue weighted by Gasteiger charge is -2.56. The number of fused-ring (bicyclic) bond motifs is 1. The molecule has 0 saturated carbocycles. The van der Waals surface area contributed by atoms with Gasteiger partial charge in [0.15, 0.2) is 11.5 Å². The van der Waals surface area contributed by atoms with Crippen LogP contribution >= 0.6 is 0 Å². The lowest BCUT2D eigenvalue weighted by Crippen LogP contribution is -2.58. The fourth-order valence-corrected chi connectivity index (χ4v) is 4.97. The summed E-state index contributed by atoms with van der Waals surface area (Å²) in [6.07, 6.45) is 9.15. The molecule has 1 aliphatic heterocycles. The van der Waals surface area contributed by atoms with E-state index in [4.69, 9.17) is 4.74 Å². The number of benzene rings is 1. The summed E-state index contributed by atoms with van der Waals surface area (Å²) in [5.41, 5.74) is 2.61. The fraction of sp³-hybridized carbons (Fsp3) is 0.556. The molecule has 2 bridgehead atoms. The highest BCUT2D eigenvalue weighted by atomic mass is 16.5. The number of hydrogen-bond acceptors (Lipinski definition) is 3. The zero-order valence-electron chi connectivity index (χ0n) is 12.8. The Hall–Kier alpha value is -1.48. The molecule has 2 unspecified atom stereocenters. The lowest BCUT2D eigenvalue weighted by atomic mass is 9.54. The Labute approximate surface area is 126 Å². The number of phenols is 1. The van der Waals surface area contributed by atoms with Gasteiger partial charge in [0.25, 0.3) is 0 Å². The Morgan fingerprint density at radius 3 is 3.00 bits per heavy atom. The Morgan fingerprint density at radius 2 is 2.19 bits per heavy atom. The topological polar surface area (TPSA) is 32.7 Å². The first-order chi connectivity index (χ1) is 10.2. The van der Waals surface area contributed by atoms with Crippen molar-refractivity contribution in [1.82, 2.24) is 4.90 Å². The Morgan fingerprint density at radius 1 is 1.33 bits per heavy atom. The summed E-state index contributed by atoms with van der Waals surface area (Å²) in [7, 11) is 3.88. The van der Waals surface area contributed by atoms with E-state index in [2.05, 4.69) is 30.2 Å². The van der Waals surface area contributed by atoms with Crippen molar-refractivity contribution in [1.29, 1.82) is 0 Å². The molecule has 3 aliphatic rings. The van der Waals surface area contributed by atoms with Crippen LogP contribution in [0.25, 0.3) is 0 Å². The van der Waals surface area contributed by atoms with E-state index in [1.54, 1.807) is 7.11 Å². The van der Waals surface area contributed by atoms with Crippen LogP contribution in [0.5, 0.6) is 11.5 Å². The molecule has 0 amide bonds. The molecule has 0 aromatic heterocycles. The monoisotopic (exact) mass is 285 g/mol. The van der Waals surface area contributed by atoms with E-state index in [1.807, 2.05) is 6.07 Å². The van der Waals surface area contributed by atoms with E-state index in [-0.39, 0.29) is 5.41 Å². The largest absolute Gasteiger partial charge is 0.504 e. The number of piperidine rings is 1. The maximum Gasteiger partial charge on any atom is 0.161 e. The summed E-state index contributed by atoms with van der Waals surface area (Å²) in [6, 6.07) is 4.64. The Kier molecular flexibility index (Phi) is 2.83. The second kappa shape index (κ2) is 4.51. The molecule has 3 heteroatoms. The molecule has 1 aromatic rings. The maximum absolute atomic E-state index is 10.8. The van der Waals surface area contributed by atoms with Gasteiger partial charge in [0.05, 0.1) is 7.11 Å². The summed E-state index contributed by atoms with van der Waals surface area (Å²) in [5.74, 6) is 1.53. The number of rotatable bonds is 1. The van der Waals surface area contributed by atoms with Crippen molar-refractivity contribution in [2.45, 2.75) is 37.1 Å². The quantitative estimate of drug-likeness (QED) is 0.805. The molecule has 1 aromatic carbocycles. The number of allylic oxidation sites excluding steroid dienone is 1. The smallest absolute Gasteiger partial charge is 0.161 e. The molecule has 1 heterocycles. The molecule has 21 heavy (non-hydrogen) atoms. The van der Waals surface area contributed by atoms with Gasteiger partial charge < -0.3 is 14.7 Å². The summed E-state index contributed by atoms with van der Waals surface area (Å²) >= 11 is 0. The van der Waals surface area contributed by atoms with Crippen molar-refractivity contribution in [3.8, 4) is 11.5 Å². The SMILES string of the molecule is COc1ccc2c(c1O)[C@@]13CCC=CC1C(C2)N(C)CC3. The van der Waals surface area contributed by atoms with E-state index >= 15 is 0 Å². The second-order valence-corrected chi connectivity index (χ2v) is 6.80. The summed E-state index contributed by atoms with van der Waals surface area (Å²) in [4.78, 5) is 2.50. The van der Waals surface area contributed by atoms with E-state index in [1.165, 1.54) is 11.1 Å². The molecule has 0 spiro atoms. The minimum absolute atomic E-state index is 0.109. The van der Waals surface area contributed by atoms with E-state index in [0.29, 0.717) is 23.5 Å². The predicted octanol–water partition coefficient (Wildman–Crippen LogP) is 2.87. The van der Waals surface area contributed by atoms with Crippen LogP contribution in [-0.2, 0) is 11.8 Å². The molecule has 1 fully saturated rings. The molecule has 1 saturated heterocycles. The molecule has 2 aliphatic carbocycles. The van der Waals surface area contributed by atoms with Crippen LogP contribution in [0.4, 0.5) is 0 Å². The molecule has 112 valence electrons. The molecular formula is C18H23NO2. The highest BCUT2D eigenvalue weighted by Gasteiger charge is 2.53. The van der Waals surface area contributed by atoms with Gasteiger partial charge in [-0.3, -0.25) is 0 Å². The first-order valence-electron chi connectivity index (χ1n) is 7.93. The molecule has 0 radical (unpaired) electrons. The minimum Gasteiger partial charge on any atom is -0.504 e. The van der Waals surface area contributed by atoms with Gasteiger partial charge in [-0.15, -0.1) is 0 Å². The number of likely N-dealkylation sites (N-methyl/N-ethyl adjacent to an activating group) is 1. The van der Waals surface area contributed by atoms with Gasteiger partial charge in [0.2, 0.25) is 0 Å². The van der Waals surface area contributed by atoms with Crippen molar-refractivity contribution < 1.29 is 9.84 Å². The average Bonchev–Trinajstić information content (AvgIpc) is 2.51. The number of phenolic OH excluding ortho intramolecular Hbond substituents is 1. The summed E-state index contributed by atoms with van der Waals surface area (Å²) in [5, 5.41) is 10.8. The number of ether oxygens (including phenoxy) is 1. The zero-order valence-corrected chi connectivity index (χ0v) is 12.8. The van der Waals surface area contributed by atoms with Crippen molar-refractivity contribution in [3.63, 3.8) is 0 Å². The van der Waals surface area contributed by atoms with Crippen LogP contribution < -0.4 is 4.74 Å². The number of nitrogens with zero attached hydrogens (tertiary/aromatic N) is 1. The van der Waals surface area contributed by atoms with E-state index in [0.717, 1.165) is 32.2 Å². The number of aromatic hydroxyl groups is 1. The van der Waals surface area contributed by atoms with Crippen LogP contribution in [0.3, 0.4) is 0 Å². The number of hydrogen-bond donors (Lipinski definition) is 1. The summed E-state index contributed by atoms with van der Waals surface area (Å²) in [6.45, 7) is 1.12. The van der Waals surface area contributed by atoms with Gasteiger partial charge in [-0.1, -0.05) is 18.2 Å². The molecule has 3 nitrogen and oxygen atoms in total. The van der Waals surface area contributed by atoms with Crippen LogP contribution in [-0.4, -0.2) is 36.8 Å². The highest BCUT2D eigenvalue weighted by Crippen LogP contribution is 2.57. The van der Waals surface area contributed by atoms with Gasteiger partial charge in [-0.2, -0.15) is 0 Å². The van der Waals surface area contributed by atoms with Gasteiger partial charge in [0.1, 0.15) is 0 Å².